The van der Waals surface area contributed by atoms with E-state index in [-0.39, 0.29) is 18.0 Å². The molecule has 2 heterocycles. The lowest BCUT2D eigenvalue weighted by Crippen LogP contribution is -2.28. The molecule has 0 saturated heterocycles. The van der Waals surface area contributed by atoms with Crippen molar-refractivity contribution in [1.29, 1.82) is 0 Å². The van der Waals surface area contributed by atoms with Crippen LogP contribution >= 0.6 is 0 Å². The van der Waals surface area contributed by atoms with E-state index in [2.05, 4.69) is 71.3 Å². The van der Waals surface area contributed by atoms with Gasteiger partial charge >= 0.3 is 0 Å². The number of hydrogen-bond donors (Lipinski definition) is 2. The largest absolute Gasteiger partial charge is 0.348 e. The van der Waals surface area contributed by atoms with Gasteiger partial charge in [-0.05, 0) is 79.1 Å². The zero-order valence-corrected chi connectivity index (χ0v) is 21.7. The van der Waals surface area contributed by atoms with Gasteiger partial charge in [-0.25, -0.2) is 0 Å². The maximum absolute atomic E-state index is 13.5. The van der Waals surface area contributed by atoms with Gasteiger partial charge in [0.1, 0.15) is 0 Å². The highest BCUT2D eigenvalue weighted by atomic mass is 16.1. The Labute approximate surface area is 212 Å². The number of pyridine rings is 1. The molecule has 0 unspecified atom stereocenters. The van der Waals surface area contributed by atoms with Crippen LogP contribution in [0.25, 0.3) is 22.0 Å². The van der Waals surface area contributed by atoms with Crippen molar-refractivity contribution < 1.29 is 4.79 Å². The van der Waals surface area contributed by atoms with Crippen molar-refractivity contribution in [3.05, 3.63) is 93.0 Å². The summed E-state index contributed by atoms with van der Waals surface area (Å²) in [5, 5.41) is 3.98. The lowest BCUT2D eigenvalue weighted by molar-refractivity contribution is 0.0952. The summed E-state index contributed by atoms with van der Waals surface area (Å²) in [7, 11) is 0. The van der Waals surface area contributed by atoms with Crippen LogP contribution in [0.5, 0.6) is 0 Å². The van der Waals surface area contributed by atoms with Crippen LogP contribution in [0.15, 0.2) is 59.5 Å². The van der Waals surface area contributed by atoms with Gasteiger partial charge in [-0.3, -0.25) is 9.59 Å². The Morgan fingerprint density at radius 2 is 1.75 bits per heavy atom. The van der Waals surface area contributed by atoms with E-state index in [1.807, 2.05) is 26.0 Å². The molecule has 5 rings (SSSR count). The van der Waals surface area contributed by atoms with Crippen LogP contribution in [-0.4, -0.2) is 15.5 Å². The molecule has 2 aromatic heterocycles. The molecular formula is C31H35N3O2. The smallest absolute Gasteiger partial charge is 0.253 e. The van der Waals surface area contributed by atoms with Crippen molar-refractivity contribution in [2.75, 3.05) is 0 Å². The molecule has 1 amide bonds. The minimum atomic E-state index is -0.163. The monoisotopic (exact) mass is 481 g/mol. The fourth-order valence-electron chi connectivity index (χ4n) is 5.54. The highest BCUT2D eigenvalue weighted by Gasteiger charge is 2.21. The number of nitrogens with one attached hydrogen (secondary N) is 2. The van der Waals surface area contributed by atoms with Crippen LogP contribution in [-0.2, 0) is 6.54 Å². The fourth-order valence-corrected chi connectivity index (χ4v) is 5.54. The molecule has 0 aliphatic heterocycles. The Bertz CT molecular complexity index is 1470. The van der Waals surface area contributed by atoms with Gasteiger partial charge in [0.25, 0.3) is 11.5 Å². The number of fused-ring (bicyclic) bond motifs is 1. The van der Waals surface area contributed by atoms with E-state index in [9.17, 15) is 9.59 Å². The van der Waals surface area contributed by atoms with Crippen LogP contribution in [0.4, 0.5) is 0 Å². The number of aryl methyl sites for hydroxylation is 2. The summed E-state index contributed by atoms with van der Waals surface area (Å²) >= 11 is 0. The maximum atomic E-state index is 13.5. The molecule has 1 aliphatic carbocycles. The van der Waals surface area contributed by atoms with Crippen LogP contribution in [0.1, 0.15) is 84.2 Å². The van der Waals surface area contributed by atoms with E-state index < -0.39 is 0 Å². The minimum Gasteiger partial charge on any atom is -0.348 e. The van der Waals surface area contributed by atoms with E-state index in [0.717, 1.165) is 33.3 Å². The first kappa shape index (κ1) is 24.1. The third-order valence-electron chi connectivity index (χ3n) is 7.63. The second-order valence-electron chi connectivity index (χ2n) is 10.5. The first-order valence-electron chi connectivity index (χ1n) is 13.0. The number of carbonyl (C=O) groups excluding carboxylic acids is 1. The Kier molecular flexibility index (Phi) is 6.57. The van der Waals surface area contributed by atoms with Gasteiger partial charge in [-0.15, -0.1) is 0 Å². The summed E-state index contributed by atoms with van der Waals surface area (Å²) in [6.07, 6.45) is 6.98. The summed E-state index contributed by atoms with van der Waals surface area (Å²) in [5.74, 6) is 0.306. The van der Waals surface area contributed by atoms with E-state index in [4.69, 9.17) is 0 Å². The van der Waals surface area contributed by atoms with E-state index >= 15 is 0 Å². The summed E-state index contributed by atoms with van der Waals surface area (Å²) in [5.41, 5.74) is 7.32. The summed E-state index contributed by atoms with van der Waals surface area (Å²) in [6.45, 7) is 8.35. The molecule has 1 aliphatic rings. The van der Waals surface area contributed by atoms with E-state index in [1.165, 1.54) is 31.2 Å². The molecule has 0 atom stereocenters. The molecule has 0 bridgehead atoms. The number of carbonyl (C=O) groups is 1. The number of nitrogens with zero attached hydrogens (tertiary/aromatic N) is 1. The second-order valence-corrected chi connectivity index (χ2v) is 10.5. The Morgan fingerprint density at radius 3 is 2.42 bits per heavy atom. The Balaban J connectivity index is 1.55. The molecule has 5 nitrogen and oxygen atoms in total. The van der Waals surface area contributed by atoms with Gasteiger partial charge in [0.2, 0.25) is 0 Å². The fraction of sp³-hybridized carbons (Fsp3) is 0.355. The molecular weight excluding hydrogens is 446 g/mol. The number of H-pyrrole nitrogens is 1. The molecule has 186 valence electrons. The lowest BCUT2D eigenvalue weighted by atomic mass is 9.96. The standard InChI is InChI=1S/C31H35N3O2/c1-19(2)22-9-11-23(12-10-22)24-16-27(26-13-14-34(29(26)17-24)25-7-5-6-8-25)30(35)32-18-28-20(3)15-21(4)33-31(28)36/h9-17,19,25H,5-8,18H2,1-4H3,(H,32,35)(H,33,36). The van der Waals surface area contributed by atoms with Crippen molar-refractivity contribution in [2.45, 2.75) is 71.9 Å². The summed E-state index contributed by atoms with van der Waals surface area (Å²) in [6, 6.07) is 17.3. The number of aromatic amines is 1. The molecule has 0 radical (unpaired) electrons. The molecule has 0 spiro atoms. The maximum Gasteiger partial charge on any atom is 0.253 e. The molecule has 1 fully saturated rings. The lowest BCUT2D eigenvalue weighted by Gasteiger charge is -2.16. The van der Waals surface area contributed by atoms with E-state index in [1.54, 1.807) is 0 Å². The number of rotatable bonds is 6. The van der Waals surface area contributed by atoms with Crippen molar-refractivity contribution in [2.24, 2.45) is 0 Å². The van der Waals surface area contributed by atoms with Gasteiger partial charge < -0.3 is 14.9 Å². The molecule has 4 aromatic rings. The summed E-state index contributed by atoms with van der Waals surface area (Å²) < 4.78 is 2.36. The predicted molar refractivity (Wildman–Crippen MR) is 147 cm³/mol. The zero-order chi connectivity index (χ0) is 25.4. The number of benzene rings is 2. The molecule has 2 aromatic carbocycles. The average molecular weight is 482 g/mol. The molecule has 1 saturated carbocycles. The third-order valence-corrected chi connectivity index (χ3v) is 7.63. The van der Waals surface area contributed by atoms with Crippen LogP contribution in [0, 0.1) is 13.8 Å². The first-order valence-corrected chi connectivity index (χ1v) is 13.0. The number of hydrogen-bond acceptors (Lipinski definition) is 2. The van der Waals surface area contributed by atoms with Gasteiger partial charge in [0.05, 0.1) is 0 Å². The van der Waals surface area contributed by atoms with Gasteiger partial charge in [0.15, 0.2) is 0 Å². The van der Waals surface area contributed by atoms with Gasteiger partial charge in [0, 0.05) is 46.5 Å². The van der Waals surface area contributed by atoms with Crippen molar-refractivity contribution >= 4 is 16.8 Å². The van der Waals surface area contributed by atoms with Crippen LogP contribution in [0.3, 0.4) is 0 Å². The highest BCUT2D eigenvalue weighted by molar-refractivity contribution is 6.08. The van der Waals surface area contributed by atoms with Crippen LogP contribution in [0.2, 0.25) is 0 Å². The quantitative estimate of drug-likeness (QED) is 0.319. The van der Waals surface area contributed by atoms with Crippen LogP contribution < -0.4 is 10.9 Å². The molecule has 2 N–H and O–H groups in total. The van der Waals surface area contributed by atoms with Crippen molar-refractivity contribution in [1.82, 2.24) is 14.9 Å². The molecule has 5 heteroatoms. The zero-order valence-electron chi connectivity index (χ0n) is 21.7. The predicted octanol–water partition coefficient (Wildman–Crippen LogP) is 6.78. The van der Waals surface area contributed by atoms with Gasteiger partial charge in [-0.2, -0.15) is 0 Å². The Morgan fingerprint density at radius 1 is 1.03 bits per heavy atom. The molecule has 36 heavy (non-hydrogen) atoms. The third kappa shape index (κ3) is 4.62. The number of amides is 1. The topological polar surface area (TPSA) is 66.9 Å². The van der Waals surface area contributed by atoms with Crippen molar-refractivity contribution in [3.8, 4) is 11.1 Å². The second kappa shape index (κ2) is 9.81. The normalized spacial score (nSPS) is 14.1. The Hall–Kier alpha value is -3.60. The van der Waals surface area contributed by atoms with Gasteiger partial charge in [-0.1, -0.05) is 51.0 Å². The average Bonchev–Trinajstić information content (AvgIpc) is 3.52. The SMILES string of the molecule is Cc1cc(C)c(CNC(=O)c2cc(-c3ccc(C(C)C)cc3)cc3c2ccn3C2CCCC2)c(=O)[nH]1. The first-order chi connectivity index (χ1) is 17.3. The van der Waals surface area contributed by atoms with E-state index in [0.29, 0.717) is 23.1 Å². The number of aromatic nitrogens is 2. The minimum absolute atomic E-state index is 0.149. The van der Waals surface area contributed by atoms with Crippen molar-refractivity contribution in [3.63, 3.8) is 0 Å². The summed E-state index contributed by atoms with van der Waals surface area (Å²) in [4.78, 5) is 28.9. The highest BCUT2D eigenvalue weighted by Crippen LogP contribution is 2.36.